The second-order valence-electron chi connectivity index (χ2n) is 5.52. The van der Waals surface area contributed by atoms with Gasteiger partial charge in [-0.25, -0.2) is 0 Å². The fourth-order valence-corrected chi connectivity index (χ4v) is 2.90. The predicted molar refractivity (Wildman–Crippen MR) is 86.3 cm³/mol. The van der Waals surface area contributed by atoms with Crippen LogP contribution in [0.15, 0.2) is 48.5 Å². The number of benzene rings is 2. The molecule has 1 aliphatic heterocycles. The lowest BCUT2D eigenvalue weighted by Crippen LogP contribution is -2.32. The molecule has 0 spiro atoms. The van der Waals surface area contributed by atoms with Crippen molar-refractivity contribution in [1.82, 2.24) is 0 Å². The molecule has 21 heavy (non-hydrogen) atoms. The van der Waals surface area contributed by atoms with Crippen molar-refractivity contribution in [1.29, 1.82) is 0 Å². The number of aryl methyl sites for hydroxylation is 1. The summed E-state index contributed by atoms with van der Waals surface area (Å²) in [5, 5.41) is 0. The van der Waals surface area contributed by atoms with E-state index >= 15 is 0 Å². The molecule has 0 bridgehead atoms. The van der Waals surface area contributed by atoms with Gasteiger partial charge in [0.05, 0.1) is 0 Å². The van der Waals surface area contributed by atoms with Crippen LogP contribution in [-0.4, -0.2) is 12.5 Å². The van der Waals surface area contributed by atoms with Crippen LogP contribution in [0.2, 0.25) is 0 Å². The summed E-state index contributed by atoms with van der Waals surface area (Å²) in [7, 11) is 0. The molecule has 3 nitrogen and oxygen atoms in total. The van der Waals surface area contributed by atoms with E-state index in [0.29, 0.717) is 6.42 Å². The van der Waals surface area contributed by atoms with Gasteiger partial charge in [0.1, 0.15) is 0 Å². The largest absolute Gasteiger partial charge is 0.399 e. The van der Waals surface area contributed by atoms with Crippen LogP contribution in [0.5, 0.6) is 0 Å². The molecule has 1 aliphatic rings. The molecule has 0 radical (unpaired) electrons. The van der Waals surface area contributed by atoms with Crippen molar-refractivity contribution < 1.29 is 4.79 Å². The van der Waals surface area contributed by atoms with E-state index in [1.165, 1.54) is 11.1 Å². The number of carbonyl (C=O) groups excluding carboxylic acids is 1. The Morgan fingerprint density at radius 2 is 1.86 bits per heavy atom. The van der Waals surface area contributed by atoms with Crippen LogP contribution in [0.1, 0.15) is 24.0 Å². The predicted octanol–water partition coefficient (Wildman–Crippen LogP) is 3.18. The third-order valence-electron chi connectivity index (χ3n) is 4.00. The molecule has 0 unspecified atom stereocenters. The maximum atomic E-state index is 12.4. The zero-order chi connectivity index (χ0) is 14.7. The fourth-order valence-electron chi connectivity index (χ4n) is 2.90. The molecule has 2 N–H and O–H groups in total. The van der Waals surface area contributed by atoms with Crippen molar-refractivity contribution in [3.8, 4) is 0 Å². The molecule has 0 fully saturated rings. The summed E-state index contributed by atoms with van der Waals surface area (Å²) in [6.07, 6.45) is 3.31. The monoisotopic (exact) mass is 280 g/mol. The van der Waals surface area contributed by atoms with Crippen molar-refractivity contribution >= 4 is 17.3 Å². The number of nitrogen functional groups attached to an aromatic ring is 1. The van der Waals surface area contributed by atoms with Crippen LogP contribution in [0, 0.1) is 0 Å². The fraction of sp³-hybridized carbons (Fsp3) is 0.278. The van der Waals surface area contributed by atoms with Gasteiger partial charge in [-0.3, -0.25) is 4.79 Å². The van der Waals surface area contributed by atoms with Gasteiger partial charge in [0.2, 0.25) is 5.91 Å². The first-order valence-electron chi connectivity index (χ1n) is 7.47. The average Bonchev–Trinajstić information content (AvgIpc) is 2.64. The maximum absolute atomic E-state index is 12.4. The number of nitrogens with two attached hydrogens (primary N) is 1. The first kappa shape index (κ1) is 13.7. The molecular formula is C18H20N2O. The molecule has 2 aromatic carbocycles. The molecule has 0 saturated carbocycles. The number of rotatable bonds is 3. The van der Waals surface area contributed by atoms with Gasteiger partial charge in [-0.05, 0) is 48.6 Å². The highest BCUT2D eigenvalue weighted by Crippen LogP contribution is 2.29. The number of hydrogen-bond donors (Lipinski definition) is 1. The van der Waals surface area contributed by atoms with E-state index in [1.54, 1.807) is 0 Å². The highest BCUT2D eigenvalue weighted by Gasteiger charge is 2.21. The Labute approximate surface area is 125 Å². The quantitative estimate of drug-likeness (QED) is 0.878. The number of anilines is 2. The molecule has 1 amide bonds. The summed E-state index contributed by atoms with van der Waals surface area (Å²) >= 11 is 0. The normalized spacial score (nSPS) is 14.7. The molecule has 0 aliphatic carbocycles. The van der Waals surface area contributed by atoms with Crippen molar-refractivity contribution in [3.05, 3.63) is 59.7 Å². The van der Waals surface area contributed by atoms with Crippen molar-refractivity contribution in [3.63, 3.8) is 0 Å². The van der Waals surface area contributed by atoms with Gasteiger partial charge in [0.15, 0.2) is 0 Å². The minimum atomic E-state index is 0.217. The van der Waals surface area contributed by atoms with Crippen molar-refractivity contribution in [2.45, 2.75) is 25.7 Å². The van der Waals surface area contributed by atoms with E-state index in [0.717, 1.165) is 37.2 Å². The van der Waals surface area contributed by atoms with E-state index in [2.05, 4.69) is 12.1 Å². The van der Waals surface area contributed by atoms with Gasteiger partial charge in [-0.1, -0.05) is 30.3 Å². The van der Waals surface area contributed by atoms with Crippen LogP contribution in [-0.2, 0) is 17.6 Å². The molecule has 3 heteroatoms. The molecule has 0 atom stereocenters. The first-order chi connectivity index (χ1) is 10.2. The number of nitrogens with zero attached hydrogens (tertiary/aromatic N) is 1. The Kier molecular flexibility index (Phi) is 3.91. The summed E-state index contributed by atoms with van der Waals surface area (Å²) in [6, 6.07) is 16.2. The Hall–Kier alpha value is -2.29. The smallest absolute Gasteiger partial charge is 0.227 e. The van der Waals surface area contributed by atoms with Crippen LogP contribution in [0.4, 0.5) is 11.4 Å². The Balaban J connectivity index is 1.84. The Bertz CT molecular complexity index is 637. The van der Waals surface area contributed by atoms with E-state index in [1.807, 2.05) is 41.3 Å². The highest BCUT2D eigenvalue weighted by atomic mass is 16.2. The van der Waals surface area contributed by atoms with E-state index in [4.69, 9.17) is 5.73 Å². The van der Waals surface area contributed by atoms with Crippen molar-refractivity contribution in [2.24, 2.45) is 0 Å². The molecular weight excluding hydrogens is 260 g/mol. The second kappa shape index (κ2) is 6.00. The molecule has 3 rings (SSSR count). The summed E-state index contributed by atoms with van der Waals surface area (Å²) in [5.74, 6) is 0.217. The highest BCUT2D eigenvalue weighted by molar-refractivity contribution is 5.95. The van der Waals surface area contributed by atoms with Gasteiger partial charge >= 0.3 is 0 Å². The SMILES string of the molecule is Nc1ccc2c(c1)CCCC(=O)N2CCc1ccccc1. The summed E-state index contributed by atoms with van der Waals surface area (Å²) in [6.45, 7) is 0.722. The van der Waals surface area contributed by atoms with Gasteiger partial charge in [0, 0.05) is 24.3 Å². The second-order valence-corrected chi connectivity index (χ2v) is 5.52. The lowest BCUT2D eigenvalue weighted by molar-refractivity contribution is -0.118. The van der Waals surface area contributed by atoms with Gasteiger partial charge in [-0.2, -0.15) is 0 Å². The van der Waals surface area contributed by atoms with Crippen LogP contribution >= 0.6 is 0 Å². The number of fused-ring (bicyclic) bond motifs is 1. The third kappa shape index (κ3) is 3.07. The van der Waals surface area contributed by atoms with E-state index in [-0.39, 0.29) is 5.91 Å². The standard InChI is InChI=1S/C18H20N2O/c19-16-9-10-17-15(13-16)7-4-8-18(21)20(17)12-11-14-5-2-1-3-6-14/h1-3,5-6,9-10,13H,4,7-8,11-12,19H2. The van der Waals surface area contributed by atoms with Gasteiger partial charge < -0.3 is 10.6 Å². The minimum absolute atomic E-state index is 0.217. The van der Waals surface area contributed by atoms with Crippen LogP contribution in [0.25, 0.3) is 0 Å². The van der Waals surface area contributed by atoms with Crippen LogP contribution in [0.3, 0.4) is 0 Å². The number of hydrogen-bond acceptors (Lipinski definition) is 2. The Morgan fingerprint density at radius 3 is 2.67 bits per heavy atom. The average molecular weight is 280 g/mol. The lowest BCUT2D eigenvalue weighted by Gasteiger charge is -2.23. The summed E-state index contributed by atoms with van der Waals surface area (Å²) < 4.78 is 0. The summed E-state index contributed by atoms with van der Waals surface area (Å²) in [4.78, 5) is 14.3. The summed E-state index contributed by atoms with van der Waals surface area (Å²) in [5.41, 5.74) is 10.1. The number of amides is 1. The Morgan fingerprint density at radius 1 is 1.05 bits per heavy atom. The van der Waals surface area contributed by atoms with E-state index in [9.17, 15) is 4.79 Å². The van der Waals surface area contributed by atoms with Gasteiger partial charge in [0.25, 0.3) is 0 Å². The lowest BCUT2D eigenvalue weighted by atomic mass is 10.1. The molecule has 108 valence electrons. The molecule has 1 heterocycles. The van der Waals surface area contributed by atoms with E-state index < -0.39 is 0 Å². The first-order valence-corrected chi connectivity index (χ1v) is 7.47. The van der Waals surface area contributed by atoms with Gasteiger partial charge in [-0.15, -0.1) is 0 Å². The maximum Gasteiger partial charge on any atom is 0.227 e. The molecule has 0 aromatic heterocycles. The zero-order valence-corrected chi connectivity index (χ0v) is 12.1. The zero-order valence-electron chi connectivity index (χ0n) is 12.1. The van der Waals surface area contributed by atoms with Crippen LogP contribution < -0.4 is 10.6 Å². The molecule has 2 aromatic rings. The minimum Gasteiger partial charge on any atom is -0.399 e. The molecule has 0 saturated heterocycles. The third-order valence-corrected chi connectivity index (χ3v) is 4.00. The topological polar surface area (TPSA) is 46.3 Å². The van der Waals surface area contributed by atoms with Crippen molar-refractivity contribution in [2.75, 3.05) is 17.2 Å². The number of carbonyl (C=O) groups is 1.